The number of carbonyl (C=O) groups is 1. The average molecular weight is 365 g/mol. The van der Waals surface area contributed by atoms with Gasteiger partial charge >= 0.3 is 5.97 Å². The lowest BCUT2D eigenvalue weighted by molar-refractivity contribution is -0.143. The van der Waals surface area contributed by atoms with Crippen molar-refractivity contribution in [2.24, 2.45) is 0 Å². The normalized spacial score (nSPS) is 18.5. The van der Waals surface area contributed by atoms with Crippen LogP contribution < -0.4 is 4.72 Å². The van der Waals surface area contributed by atoms with Gasteiger partial charge in [0, 0.05) is 23.3 Å². The van der Waals surface area contributed by atoms with Gasteiger partial charge in [0.15, 0.2) is 6.17 Å². The zero-order valence-corrected chi connectivity index (χ0v) is 14.8. The van der Waals surface area contributed by atoms with Gasteiger partial charge in [-0.2, -0.15) is 0 Å². The van der Waals surface area contributed by atoms with Gasteiger partial charge in [-0.15, -0.1) is 4.72 Å². The number of alkyl halides is 2. The van der Waals surface area contributed by atoms with Gasteiger partial charge in [0.05, 0.1) is 0 Å². The Morgan fingerprint density at radius 3 is 2.29 bits per heavy atom. The van der Waals surface area contributed by atoms with Gasteiger partial charge in [0.25, 0.3) is 0 Å². The van der Waals surface area contributed by atoms with Crippen molar-refractivity contribution < 1.29 is 27.6 Å². The van der Waals surface area contributed by atoms with Crippen LogP contribution in [0.15, 0.2) is 24.3 Å². The van der Waals surface area contributed by atoms with Crippen LogP contribution in [0, 0.1) is 5.82 Å². The first-order chi connectivity index (χ1) is 10.9. The van der Waals surface area contributed by atoms with E-state index in [9.17, 15) is 22.5 Å². The van der Waals surface area contributed by atoms with E-state index in [1.165, 1.54) is 25.1 Å². The Kier molecular flexibility index (Phi) is 6.72. The van der Waals surface area contributed by atoms with Crippen molar-refractivity contribution in [1.29, 1.82) is 0 Å². The van der Waals surface area contributed by atoms with Crippen LogP contribution in [0.3, 0.4) is 0 Å². The fraction of sp³-hybridized carbons (Fsp3) is 0.562. The van der Waals surface area contributed by atoms with E-state index in [1.54, 1.807) is 20.8 Å². The highest BCUT2D eigenvalue weighted by Crippen LogP contribution is 2.34. The van der Waals surface area contributed by atoms with Crippen molar-refractivity contribution in [3.8, 4) is 0 Å². The van der Waals surface area contributed by atoms with Gasteiger partial charge in [0.2, 0.25) is 0 Å². The van der Waals surface area contributed by atoms with E-state index in [-0.39, 0.29) is 5.56 Å². The number of rotatable bonds is 7. The molecule has 0 fully saturated rings. The smallest absolute Gasteiger partial charge is 0.338 e. The Hall–Kier alpha value is -1.25. The molecule has 0 aliphatic heterocycles. The molecule has 8 heteroatoms. The maximum absolute atomic E-state index is 14.8. The van der Waals surface area contributed by atoms with E-state index in [0.717, 1.165) is 6.07 Å². The SMILES string of the molecule is CC(N[S@+]([O-])C(C)(C)C)(c1ccccc1F)[C@H](F)CC(F)C(=O)O. The minimum Gasteiger partial charge on any atom is -0.598 e. The molecular formula is C16H22F3NO3S. The molecule has 0 aliphatic rings. The summed E-state index contributed by atoms with van der Waals surface area (Å²) in [6, 6.07) is 5.27. The number of hydrogen-bond acceptors (Lipinski definition) is 3. The van der Waals surface area contributed by atoms with E-state index in [2.05, 4.69) is 4.72 Å². The predicted molar refractivity (Wildman–Crippen MR) is 86.8 cm³/mol. The van der Waals surface area contributed by atoms with Crippen molar-refractivity contribution in [2.75, 3.05) is 0 Å². The molecule has 0 saturated heterocycles. The zero-order chi connectivity index (χ0) is 18.7. The molecule has 0 spiro atoms. The van der Waals surface area contributed by atoms with Crippen LogP contribution in [0.2, 0.25) is 0 Å². The molecule has 0 aromatic heterocycles. The molecule has 2 N–H and O–H groups in total. The summed E-state index contributed by atoms with van der Waals surface area (Å²) < 4.78 is 56.6. The highest BCUT2D eigenvalue weighted by molar-refractivity contribution is 7.90. The molecule has 136 valence electrons. The molecule has 24 heavy (non-hydrogen) atoms. The van der Waals surface area contributed by atoms with Crippen molar-refractivity contribution in [1.82, 2.24) is 4.72 Å². The lowest BCUT2D eigenvalue weighted by Crippen LogP contribution is -2.55. The molecule has 0 heterocycles. The molecule has 0 radical (unpaired) electrons. The molecule has 1 aromatic rings. The van der Waals surface area contributed by atoms with Gasteiger partial charge < -0.3 is 9.66 Å². The summed E-state index contributed by atoms with van der Waals surface area (Å²) in [5, 5.41) is 8.64. The van der Waals surface area contributed by atoms with Crippen molar-refractivity contribution >= 4 is 17.3 Å². The molecule has 0 bridgehead atoms. The monoisotopic (exact) mass is 365 g/mol. The number of benzene rings is 1. The lowest BCUT2D eigenvalue weighted by atomic mass is 9.85. The highest BCUT2D eigenvalue weighted by Gasteiger charge is 2.46. The Morgan fingerprint density at radius 2 is 1.83 bits per heavy atom. The second-order valence-corrected chi connectivity index (χ2v) is 8.64. The highest BCUT2D eigenvalue weighted by atomic mass is 32.2. The molecule has 1 rings (SSSR count). The third kappa shape index (κ3) is 4.87. The van der Waals surface area contributed by atoms with Gasteiger partial charge in [-0.25, -0.2) is 18.0 Å². The van der Waals surface area contributed by atoms with Crippen molar-refractivity contribution in [2.45, 2.75) is 56.7 Å². The fourth-order valence-electron chi connectivity index (χ4n) is 2.03. The van der Waals surface area contributed by atoms with Gasteiger partial charge in [-0.3, -0.25) is 0 Å². The van der Waals surface area contributed by atoms with Crippen LogP contribution in [-0.2, 0) is 21.7 Å². The average Bonchev–Trinajstić information content (AvgIpc) is 2.46. The summed E-state index contributed by atoms with van der Waals surface area (Å²) in [6.45, 7) is 6.16. The zero-order valence-electron chi connectivity index (χ0n) is 14.0. The van der Waals surface area contributed by atoms with Crippen LogP contribution >= 0.6 is 0 Å². The second-order valence-electron chi connectivity index (χ2n) is 6.67. The lowest BCUT2D eigenvalue weighted by Gasteiger charge is -2.37. The first kappa shape index (κ1) is 20.8. The molecular weight excluding hydrogens is 343 g/mol. The third-order valence-electron chi connectivity index (χ3n) is 3.60. The van der Waals surface area contributed by atoms with E-state index in [0.29, 0.717) is 0 Å². The van der Waals surface area contributed by atoms with Gasteiger partial charge in [-0.05, 0) is 33.8 Å². The van der Waals surface area contributed by atoms with Crippen LogP contribution in [-0.4, -0.2) is 32.7 Å². The Balaban J connectivity index is 3.25. The molecule has 0 amide bonds. The summed E-state index contributed by atoms with van der Waals surface area (Å²) >= 11 is -1.79. The third-order valence-corrected chi connectivity index (χ3v) is 5.32. The van der Waals surface area contributed by atoms with Crippen LogP contribution in [0.1, 0.15) is 39.7 Å². The van der Waals surface area contributed by atoms with E-state index in [1.807, 2.05) is 0 Å². The molecule has 1 aromatic carbocycles. The standard InChI is InChI=1S/C16H22F3NO3S/c1-15(2,3)24(23)20-16(4,10-7-5-6-8-11(10)17)13(19)9-12(18)14(21)22/h5-8,12-13,20H,9H2,1-4H3,(H,21,22)/t12?,13-,16?,24-/m1/s1. The summed E-state index contributed by atoms with van der Waals surface area (Å²) in [7, 11) is 0. The molecule has 0 aliphatic carbocycles. The maximum Gasteiger partial charge on any atom is 0.338 e. The summed E-state index contributed by atoms with van der Waals surface area (Å²) in [4.78, 5) is 10.7. The van der Waals surface area contributed by atoms with Crippen LogP contribution in [0.5, 0.6) is 0 Å². The predicted octanol–water partition coefficient (Wildman–Crippen LogP) is 3.24. The van der Waals surface area contributed by atoms with Crippen LogP contribution in [0.25, 0.3) is 0 Å². The molecule has 4 atom stereocenters. The Bertz CT molecular complexity index is 582. The van der Waals surface area contributed by atoms with Gasteiger partial charge in [0.1, 0.15) is 22.3 Å². The largest absolute Gasteiger partial charge is 0.598 e. The Morgan fingerprint density at radius 1 is 1.29 bits per heavy atom. The molecule has 4 nitrogen and oxygen atoms in total. The number of nitrogens with one attached hydrogen (secondary N) is 1. The maximum atomic E-state index is 14.8. The first-order valence-electron chi connectivity index (χ1n) is 7.35. The van der Waals surface area contributed by atoms with E-state index >= 15 is 0 Å². The minimum atomic E-state index is -2.45. The number of carboxylic acids is 1. The Labute approximate surface area is 142 Å². The molecule has 2 unspecified atom stereocenters. The summed E-state index contributed by atoms with van der Waals surface area (Å²) in [6.07, 6.45) is -5.56. The second kappa shape index (κ2) is 7.76. The number of aliphatic carboxylic acids is 1. The van der Waals surface area contributed by atoms with Crippen LogP contribution in [0.4, 0.5) is 13.2 Å². The van der Waals surface area contributed by atoms with Gasteiger partial charge in [-0.1, -0.05) is 18.2 Å². The van der Waals surface area contributed by atoms with E-state index < -0.39 is 52.2 Å². The number of hydrogen-bond donors (Lipinski definition) is 2. The number of halogens is 3. The molecule has 0 saturated carbocycles. The van der Waals surface area contributed by atoms with Crippen molar-refractivity contribution in [3.63, 3.8) is 0 Å². The topological polar surface area (TPSA) is 72.4 Å². The fourth-order valence-corrected chi connectivity index (χ4v) is 2.96. The first-order valence-corrected chi connectivity index (χ1v) is 8.50. The summed E-state index contributed by atoms with van der Waals surface area (Å²) in [5.41, 5.74) is -2.00. The number of carboxylic acid groups (broad SMARTS) is 1. The minimum absolute atomic E-state index is 0.146. The quantitative estimate of drug-likeness (QED) is 0.728. The van der Waals surface area contributed by atoms with E-state index in [4.69, 9.17) is 5.11 Å². The summed E-state index contributed by atoms with van der Waals surface area (Å²) in [5.74, 6) is -2.56. The van der Waals surface area contributed by atoms with Crippen molar-refractivity contribution in [3.05, 3.63) is 35.6 Å².